The normalized spacial score (nSPS) is 12.3. The van der Waals surface area contributed by atoms with Crippen LogP contribution < -0.4 is 11.1 Å². The number of hydrogen-bond acceptors (Lipinski definition) is 3. The molecule has 1 atom stereocenters. The van der Waals surface area contributed by atoms with E-state index in [0.29, 0.717) is 0 Å². The van der Waals surface area contributed by atoms with Gasteiger partial charge >= 0.3 is 5.97 Å². The number of carbonyl (C=O) groups excluding carboxylic acids is 1. The average Bonchev–Trinajstić information content (AvgIpc) is 2.27. The van der Waals surface area contributed by atoms with E-state index in [1.54, 1.807) is 13.8 Å². The van der Waals surface area contributed by atoms with E-state index in [2.05, 4.69) is 5.32 Å². The first kappa shape index (κ1) is 14.1. The van der Waals surface area contributed by atoms with Gasteiger partial charge in [0, 0.05) is 5.69 Å². The Hall–Kier alpha value is -1.95. The molecule has 0 fully saturated rings. The Balaban J connectivity index is 2.84. The van der Waals surface area contributed by atoms with E-state index in [9.17, 15) is 14.0 Å². The van der Waals surface area contributed by atoms with Crippen molar-refractivity contribution in [3.8, 4) is 0 Å². The number of rotatable bonds is 4. The molecule has 0 aliphatic carbocycles. The van der Waals surface area contributed by atoms with E-state index < -0.39 is 29.3 Å². The Bertz CT molecular complexity index is 474. The first-order valence-corrected chi connectivity index (χ1v) is 5.42. The Labute approximate surface area is 104 Å². The summed E-state index contributed by atoms with van der Waals surface area (Å²) in [5, 5.41) is 11.1. The molecule has 98 valence electrons. The van der Waals surface area contributed by atoms with Crippen LogP contribution in [0.25, 0.3) is 0 Å². The molecule has 0 bridgehead atoms. The molecule has 0 aromatic heterocycles. The summed E-state index contributed by atoms with van der Waals surface area (Å²) in [6.07, 6.45) is 0. The van der Waals surface area contributed by atoms with Crippen LogP contribution in [0.3, 0.4) is 0 Å². The molecule has 18 heavy (non-hydrogen) atoms. The first-order chi connectivity index (χ1) is 8.32. The van der Waals surface area contributed by atoms with Crippen molar-refractivity contribution in [2.45, 2.75) is 19.9 Å². The summed E-state index contributed by atoms with van der Waals surface area (Å²) < 4.78 is 13.3. The van der Waals surface area contributed by atoms with E-state index in [1.165, 1.54) is 6.07 Å². The minimum atomic E-state index is -1.36. The summed E-state index contributed by atoms with van der Waals surface area (Å²) in [6.45, 7) is 3.58. The molecule has 1 amide bonds. The molecular formula is C12H15FN2O3. The van der Waals surface area contributed by atoms with Crippen molar-refractivity contribution in [3.05, 3.63) is 29.6 Å². The number of carbonyl (C=O) groups is 2. The zero-order valence-electron chi connectivity index (χ0n) is 10.1. The number of amides is 1. The first-order valence-electron chi connectivity index (χ1n) is 5.42. The quantitative estimate of drug-likeness (QED) is 0.758. The molecule has 0 aliphatic rings. The van der Waals surface area contributed by atoms with Crippen molar-refractivity contribution in [1.82, 2.24) is 0 Å². The van der Waals surface area contributed by atoms with E-state index in [4.69, 9.17) is 10.8 Å². The fourth-order valence-corrected chi connectivity index (χ4v) is 1.29. The number of halogens is 1. The van der Waals surface area contributed by atoms with Gasteiger partial charge in [-0.1, -0.05) is 13.8 Å². The highest BCUT2D eigenvalue weighted by Gasteiger charge is 2.18. The third kappa shape index (κ3) is 3.27. The molecule has 6 heteroatoms. The summed E-state index contributed by atoms with van der Waals surface area (Å²) in [4.78, 5) is 22.2. The predicted molar refractivity (Wildman–Crippen MR) is 64.8 cm³/mol. The molecule has 5 nitrogen and oxygen atoms in total. The number of nitrogens with two attached hydrogens (primary N) is 1. The lowest BCUT2D eigenvalue weighted by molar-refractivity contribution is -0.118. The minimum absolute atomic E-state index is 0.0480. The van der Waals surface area contributed by atoms with Crippen molar-refractivity contribution in [2.75, 3.05) is 5.32 Å². The number of carboxylic acid groups (broad SMARTS) is 1. The van der Waals surface area contributed by atoms with Crippen LogP contribution in [0, 0.1) is 11.7 Å². The molecule has 0 heterocycles. The van der Waals surface area contributed by atoms with Crippen LogP contribution in [-0.4, -0.2) is 23.0 Å². The average molecular weight is 254 g/mol. The second-order valence-electron chi connectivity index (χ2n) is 4.26. The van der Waals surface area contributed by atoms with Crippen LogP contribution in [0.1, 0.15) is 24.2 Å². The van der Waals surface area contributed by atoms with Gasteiger partial charge in [0.1, 0.15) is 5.82 Å². The van der Waals surface area contributed by atoms with Gasteiger partial charge in [0.25, 0.3) is 0 Å². The van der Waals surface area contributed by atoms with Gasteiger partial charge in [-0.2, -0.15) is 0 Å². The molecule has 1 aromatic rings. The third-order valence-electron chi connectivity index (χ3n) is 2.49. The second kappa shape index (κ2) is 5.59. The van der Waals surface area contributed by atoms with E-state index in [0.717, 1.165) is 12.1 Å². The molecule has 4 N–H and O–H groups in total. The van der Waals surface area contributed by atoms with Crippen molar-refractivity contribution < 1.29 is 19.1 Å². The molecule has 0 spiro atoms. The topological polar surface area (TPSA) is 92.4 Å². The fourth-order valence-electron chi connectivity index (χ4n) is 1.29. The number of nitrogens with one attached hydrogen (secondary N) is 1. The highest BCUT2D eigenvalue weighted by atomic mass is 19.1. The predicted octanol–water partition coefficient (Wildman–Crippen LogP) is 1.45. The summed E-state index contributed by atoms with van der Waals surface area (Å²) in [5.41, 5.74) is 5.36. The highest BCUT2D eigenvalue weighted by molar-refractivity contribution is 5.95. The minimum Gasteiger partial charge on any atom is -0.478 e. The molecule has 0 radical (unpaired) electrons. The summed E-state index contributed by atoms with van der Waals surface area (Å²) in [6, 6.07) is 2.66. The van der Waals surface area contributed by atoms with Gasteiger partial charge in [-0.05, 0) is 24.1 Å². The van der Waals surface area contributed by atoms with Crippen LogP contribution in [0.5, 0.6) is 0 Å². The van der Waals surface area contributed by atoms with Crippen molar-refractivity contribution in [3.63, 3.8) is 0 Å². The van der Waals surface area contributed by atoms with Crippen LogP contribution in [0.2, 0.25) is 0 Å². The number of anilines is 1. The Morgan fingerprint density at radius 3 is 2.44 bits per heavy atom. The fraction of sp³-hybridized carbons (Fsp3) is 0.333. The number of hydrogen-bond donors (Lipinski definition) is 3. The van der Waals surface area contributed by atoms with E-state index in [1.807, 2.05) is 0 Å². The SMILES string of the molecule is CC(C)[C@@H](N)C(=O)Nc1ccc(C(=O)O)c(F)c1. The third-order valence-corrected chi connectivity index (χ3v) is 2.49. The molecule has 1 aromatic carbocycles. The van der Waals surface area contributed by atoms with Crippen LogP contribution in [0.15, 0.2) is 18.2 Å². The van der Waals surface area contributed by atoms with Gasteiger partial charge in [0.05, 0.1) is 11.6 Å². The van der Waals surface area contributed by atoms with Gasteiger partial charge < -0.3 is 16.2 Å². The lowest BCUT2D eigenvalue weighted by Crippen LogP contribution is -2.39. The van der Waals surface area contributed by atoms with Crippen molar-refractivity contribution >= 4 is 17.6 Å². The van der Waals surface area contributed by atoms with Gasteiger partial charge in [0.15, 0.2) is 0 Å². The zero-order chi connectivity index (χ0) is 13.9. The van der Waals surface area contributed by atoms with E-state index in [-0.39, 0.29) is 11.6 Å². The van der Waals surface area contributed by atoms with Gasteiger partial charge in [0.2, 0.25) is 5.91 Å². The number of carboxylic acids is 1. The van der Waals surface area contributed by atoms with Crippen LogP contribution in [-0.2, 0) is 4.79 Å². The molecule has 1 rings (SSSR count). The van der Waals surface area contributed by atoms with Gasteiger partial charge in [-0.3, -0.25) is 4.79 Å². The second-order valence-corrected chi connectivity index (χ2v) is 4.26. The van der Waals surface area contributed by atoms with Crippen molar-refractivity contribution in [2.24, 2.45) is 11.7 Å². The largest absolute Gasteiger partial charge is 0.478 e. The summed E-state index contributed by atoms with van der Waals surface area (Å²) >= 11 is 0. The Kier molecular flexibility index (Phi) is 4.38. The van der Waals surface area contributed by atoms with Crippen molar-refractivity contribution in [1.29, 1.82) is 0 Å². The van der Waals surface area contributed by atoms with Crippen LogP contribution in [0.4, 0.5) is 10.1 Å². The molecule has 0 aliphatic heterocycles. The molecule has 0 saturated carbocycles. The Morgan fingerprint density at radius 2 is 2.00 bits per heavy atom. The van der Waals surface area contributed by atoms with E-state index >= 15 is 0 Å². The zero-order valence-corrected chi connectivity index (χ0v) is 10.1. The summed E-state index contributed by atoms with van der Waals surface area (Å²) in [5.74, 6) is -2.75. The maximum absolute atomic E-state index is 13.3. The number of benzene rings is 1. The summed E-state index contributed by atoms with van der Waals surface area (Å²) in [7, 11) is 0. The molecular weight excluding hydrogens is 239 g/mol. The van der Waals surface area contributed by atoms with Crippen LogP contribution >= 0.6 is 0 Å². The Morgan fingerprint density at radius 1 is 1.39 bits per heavy atom. The maximum Gasteiger partial charge on any atom is 0.338 e. The molecule has 0 saturated heterocycles. The molecule has 0 unspecified atom stereocenters. The number of aromatic carboxylic acids is 1. The lowest BCUT2D eigenvalue weighted by Gasteiger charge is -2.15. The monoisotopic (exact) mass is 254 g/mol. The highest BCUT2D eigenvalue weighted by Crippen LogP contribution is 2.15. The smallest absolute Gasteiger partial charge is 0.338 e. The lowest BCUT2D eigenvalue weighted by atomic mass is 10.0. The van der Waals surface area contributed by atoms with Gasteiger partial charge in [-0.15, -0.1) is 0 Å². The standard InChI is InChI=1S/C12H15FN2O3/c1-6(2)10(14)11(16)15-7-3-4-8(12(17)18)9(13)5-7/h3-6,10H,14H2,1-2H3,(H,15,16)(H,17,18)/t10-/m1/s1. The van der Waals surface area contributed by atoms with Gasteiger partial charge in [-0.25, -0.2) is 9.18 Å². The maximum atomic E-state index is 13.3.